The van der Waals surface area contributed by atoms with E-state index in [2.05, 4.69) is 35.9 Å². The van der Waals surface area contributed by atoms with Gasteiger partial charge in [0.2, 0.25) is 0 Å². The van der Waals surface area contributed by atoms with E-state index < -0.39 is 11.5 Å². The van der Waals surface area contributed by atoms with Gasteiger partial charge < -0.3 is 10.4 Å². The standard InChI is InChI=1S/C14H29N3O2/c1-5-6-15-14(4,13(18)19)11-16-7-9-17(10-8-16)12(2)3/h12,15H,5-11H2,1-4H3,(H,18,19). The van der Waals surface area contributed by atoms with Crippen LogP contribution in [0.2, 0.25) is 0 Å². The van der Waals surface area contributed by atoms with Gasteiger partial charge in [-0.1, -0.05) is 6.92 Å². The second kappa shape index (κ2) is 7.22. The summed E-state index contributed by atoms with van der Waals surface area (Å²) in [4.78, 5) is 16.2. The summed E-state index contributed by atoms with van der Waals surface area (Å²) in [6.45, 7) is 13.5. The number of carbonyl (C=O) groups is 1. The quantitative estimate of drug-likeness (QED) is 0.719. The molecule has 0 saturated carbocycles. The Balaban J connectivity index is 2.50. The number of rotatable bonds is 7. The van der Waals surface area contributed by atoms with Crippen LogP contribution in [0.3, 0.4) is 0 Å². The monoisotopic (exact) mass is 271 g/mol. The minimum atomic E-state index is -0.837. The Bertz CT molecular complexity index is 288. The molecule has 1 fully saturated rings. The Hall–Kier alpha value is -0.650. The first-order valence-electron chi connectivity index (χ1n) is 7.34. The fraction of sp³-hybridized carbons (Fsp3) is 0.929. The Morgan fingerprint density at radius 2 is 1.89 bits per heavy atom. The van der Waals surface area contributed by atoms with E-state index in [1.165, 1.54) is 0 Å². The molecule has 2 N–H and O–H groups in total. The highest BCUT2D eigenvalue weighted by atomic mass is 16.4. The lowest BCUT2D eigenvalue weighted by molar-refractivity contribution is -0.145. The van der Waals surface area contributed by atoms with Crippen LogP contribution < -0.4 is 5.32 Å². The first-order valence-corrected chi connectivity index (χ1v) is 7.34. The highest BCUT2D eigenvalue weighted by molar-refractivity contribution is 5.78. The average Bonchev–Trinajstić information content (AvgIpc) is 2.36. The third-order valence-electron chi connectivity index (χ3n) is 3.91. The van der Waals surface area contributed by atoms with Gasteiger partial charge in [-0.2, -0.15) is 0 Å². The topological polar surface area (TPSA) is 55.8 Å². The van der Waals surface area contributed by atoms with Gasteiger partial charge in [-0.25, -0.2) is 0 Å². The molecule has 112 valence electrons. The van der Waals surface area contributed by atoms with Gasteiger partial charge in [0.25, 0.3) is 0 Å². The van der Waals surface area contributed by atoms with Crippen LogP contribution in [0.15, 0.2) is 0 Å². The summed E-state index contributed by atoms with van der Waals surface area (Å²) in [6, 6.07) is 0.575. The van der Waals surface area contributed by atoms with Crippen LogP contribution in [0.1, 0.15) is 34.1 Å². The molecule has 0 aromatic carbocycles. The summed E-state index contributed by atoms with van der Waals surface area (Å²) >= 11 is 0. The molecule has 1 saturated heterocycles. The van der Waals surface area contributed by atoms with Crippen molar-refractivity contribution in [3.05, 3.63) is 0 Å². The van der Waals surface area contributed by atoms with E-state index in [1.54, 1.807) is 6.92 Å². The smallest absolute Gasteiger partial charge is 0.324 e. The molecule has 0 amide bonds. The summed E-state index contributed by atoms with van der Waals surface area (Å²) in [5, 5.41) is 12.6. The van der Waals surface area contributed by atoms with Crippen molar-refractivity contribution in [1.82, 2.24) is 15.1 Å². The minimum absolute atomic E-state index is 0.575. The maximum absolute atomic E-state index is 11.5. The van der Waals surface area contributed by atoms with Crippen molar-refractivity contribution in [2.75, 3.05) is 39.3 Å². The summed E-state index contributed by atoms with van der Waals surface area (Å²) < 4.78 is 0. The maximum atomic E-state index is 11.5. The van der Waals surface area contributed by atoms with Gasteiger partial charge >= 0.3 is 5.97 Å². The zero-order valence-corrected chi connectivity index (χ0v) is 12.8. The van der Waals surface area contributed by atoms with Crippen molar-refractivity contribution in [3.63, 3.8) is 0 Å². The molecule has 1 aliphatic heterocycles. The van der Waals surface area contributed by atoms with E-state index in [1.807, 2.05) is 0 Å². The first kappa shape index (κ1) is 16.4. The molecule has 0 aromatic rings. The molecule has 0 aliphatic carbocycles. The molecule has 0 bridgehead atoms. The minimum Gasteiger partial charge on any atom is -0.480 e. The Kier molecular flexibility index (Phi) is 6.23. The first-order chi connectivity index (χ1) is 8.89. The van der Waals surface area contributed by atoms with Crippen molar-refractivity contribution >= 4 is 5.97 Å². The summed E-state index contributed by atoms with van der Waals surface area (Å²) in [5.41, 5.74) is -0.837. The van der Waals surface area contributed by atoms with Crippen LogP contribution in [0, 0.1) is 0 Å². The second-order valence-electron chi connectivity index (χ2n) is 5.97. The lowest BCUT2D eigenvalue weighted by Crippen LogP contribution is -2.60. The largest absolute Gasteiger partial charge is 0.480 e. The van der Waals surface area contributed by atoms with Gasteiger partial charge in [0.1, 0.15) is 5.54 Å². The fourth-order valence-corrected chi connectivity index (χ4v) is 2.49. The number of nitrogens with zero attached hydrogens (tertiary/aromatic N) is 2. The highest BCUT2D eigenvalue weighted by Gasteiger charge is 2.35. The van der Waals surface area contributed by atoms with Crippen LogP contribution >= 0.6 is 0 Å². The molecule has 0 spiro atoms. The fourth-order valence-electron chi connectivity index (χ4n) is 2.49. The van der Waals surface area contributed by atoms with E-state index >= 15 is 0 Å². The third kappa shape index (κ3) is 4.75. The zero-order chi connectivity index (χ0) is 14.5. The SMILES string of the molecule is CCCNC(C)(CN1CCN(C(C)C)CC1)C(=O)O. The number of carboxylic acid groups (broad SMARTS) is 1. The molecule has 1 aliphatic rings. The molecule has 0 radical (unpaired) electrons. The van der Waals surface area contributed by atoms with Crippen molar-refractivity contribution in [1.29, 1.82) is 0 Å². The Morgan fingerprint density at radius 3 is 2.32 bits per heavy atom. The summed E-state index contributed by atoms with van der Waals surface area (Å²) in [6.07, 6.45) is 0.948. The van der Waals surface area contributed by atoms with E-state index in [9.17, 15) is 9.90 Å². The van der Waals surface area contributed by atoms with Crippen LogP contribution in [-0.4, -0.2) is 71.7 Å². The van der Waals surface area contributed by atoms with Crippen LogP contribution in [0.25, 0.3) is 0 Å². The second-order valence-corrected chi connectivity index (χ2v) is 5.97. The lowest BCUT2D eigenvalue weighted by atomic mass is 10.0. The summed E-state index contributed by atoms with van der Waals surface area (Å²) in [5.74, 6) is -0.757. The number of hydrogen-bond acceptors (Lipinski definition) is 4. The van der Waals surface area contributed by atoms with Crippen molar-refractivity contribution in [2.45, 2.75) is 45.7 Å². The molecule has 5 heteroatoms. The van der Waals surface area contributed by atoms with E-state index in [-0.39, 0.29) is 0 Å². The van der Waals surface area contributed by atoms with E-state index in [0.29, 0.717) is 12.6 Å². The van der Waals surface area contributed by atoms with Gasteiger partial charge in [0, 0.05) is 38.8 Å². The number of piperazine rings is 1. The normalized spacial score (nSPS) is 21.5. The van der Waals surface area contributed by atoms with Gasteiger partial charge in [-0.3, -0.25) is 14.6 Å². The molecule has 1 heterocycles. The number of nitrogens with one attached hydrogen (secondary N) is 1. The Labute approximate surface area is 117 Å². The van der Waals surface area contributed by atoms with Crippen LogP contribution in [0.5, 0.6) is 0 Å². The van der Waals surface area contributed by atoms with Crippen LogP contribution in [-0.2, 0) is 4.79 Å². The molecular weight excluding hydrogens is 242 g/mol. The number of carboxylic acids is 1. The summed E-state index contributed by atoms with van der Waals surface area (Å²) in [7, 11) is 0. The Morgan fingerprint density at radius 1 is 1.32 bits per heavy atom. The van der Waals surface area contributed by atoms with Crippen molar-refractivity contribution in [3.8, 4) is 0 Å². The molecule has 1 atom stereocenters. The van der Waals surface area contributed by atoms with Gasteiger partial charge in [-0.05, 0) is 33.7 Å². The third-order valence-corrected chi connectivity index (χ3v) is 3.91. The number of hydrogen-bond donors (Lipinski definition) is 2. The van der Waals surface area contributed by atoms with E-state index in [4.69, 9.17) is 0 Å². The lowest BCUT2D eigenvalue weighted by Gasteiger charge is -2.40. The molecule has 19 heavy (non-hydrogen) atoms. The number of aliphatic carboxylic acids is 1. The van der Waals surface area contributed by atoms with Crippen molar-refractivity contribution in [2.24, 2.45) is 0 Å². The van der Waals surface area contributed by atoms with Crippen molar-refractivity contribution < 1.29 is 9.90 Å². The molecule has 1 rings (SSSR count). The zero-order valence-electron chi connectivity index (χ0n) is 12.8. The average molecular weight is 271 g/mol. The predicted molar refractivity (Wildman–Crippen MR) is 77.5 cm³/mol. The highest BCUT2D eigenvalue weighted by Crippen LogP contribution is 2.12. The maximum Gasteiger partial charge on any atom is 0.324 e. The molecule has 0 aromatic heterocycles. The molecule has 1 unspecified atom stereocenters. The predicted octanol–water partition coefficient (Wildman–Crippen LogP) is 0.855. The van der Waals surface area contributed by atoms with Gasteiger partial charge in [0.15, 0.2) is 0 Å². The molecule has 5 nitrogen and oxygen atoms in total. The van der Waals surface area contributed by atoms with Gasteiger partial charge in [0.05, 0.1) is 0 Å². The van der Waals surface area contributed by atoms with Gasteiger partial charge in [-0.15, -0.1) is 0 Å². The van der Waals surface area contributed by atoms with E-state index in [0.717, 1.165) is 39.1 Å². The molecular formula is C14H29N3O2. The van der Waals surface area contributed by atoms with Crippen LogP contribution in [0.4, 0.5) is 0 Å².